The van der Waals surface area contributed by atoms with Crippen molar-refractivity contribution in [3.63, 3.8) is 0 Å². The zero-order valence-corrected chi connectivity index (χ0v) is 14.8. The largest absolute Gasteiger partial charge is 0.258 e. The van der Waals surface area contributed by atoms with Crippen molar-refractivity contribution in [2.24, 2.45) is 10.4 Å². The Morgan fingerprint density at radius 3 is 2.45 bits per heavy atom. The number of hydrogen-bond donors (Lipinski definition) is 0. The number of unbranched alkanes of at least 4 members (excludes halogenated alkanes) is 4. The van der Waals surface area contributed by atoms with Crippen LogP contribution in [0.25, 0.3) is 0 Å². The molecule has 1 aromatic rings. The highest BCUT2D eigenvalue weighted by atomic mass is 14.8. The van der Waals surface area contributed by atoms with Gasteiger partial charge in [-0.05, 0) is 49.1 Å². The molecular weight excluding hydrogens is 266 g/mol. The van der Waals surface area contributed by atoms with Gasteiger partial charge < -0.3 is 0 Å². The summed E-state index contributed by atoms with van der Waals surface area (Å²) in [6, 6.07) is 8.79. The minimum atomic E-state index is 0.396. The number of para-hydroxylation sites is 1. The number of aliphatic imine (C=N–C) groups is 1. The van der Waals surface area contributed by atoms with Crippen molar-refractivity contribution in [1.82, 2.24) is 0 Å². The minimum Gasteiger partial charge on any atom is -0.258 e. The van der Waals surface area contributed by atoms with E-state index in [0.717, 1.165) is 0 Å². The fourth-order valence-corrected chi connectivity index (χ4v) is 3.70. The molecule has 1 nitrogen and oxygen atoms in total. The van der Waals surface area contributed by atoms with Gasteiger partial charge in [0.2, 0.25) is 0 Å². The van der Waals surface area contributed by atoms with E-state index in [1.165, 1.54) is 81.2 Å². The number of fused-ring (bicyclic) bond motifs is 1. The Labute approximate surface area is 137 Å². The fourth-order valence-electron chi connectivity index (χ4n) is 3.70. The van der Waals surface area contributed by atoms with Gasteiger partial charge in [-0.15, -0.1) is 0 Å². The first-order valence-electron chi connectivity index (χ1n) is 9.31. The number of nitrogens with zero attached hydrogens (tertiary/aromatic N) is 1. The summed E-state index contributed by atoms with van der Waals surface area (Å²) in [6.45, 7) is 7.06. The number of benzene rings is 1. The lowest BCUT2D eigenvalue weighted by molar-refractivity contribution is 0.295. The Kier molecular flexibility index (Phi) is 6.67. The molecule has 0 fully saturated rings. The third-order valence-electron chi connectivity index (χ3n) is 4.97. The van der Waals surface area contributed by atoms with E-state index in [2.05, 4.69) is 45.0 Å². The van der Waals surface area contributed by atoms with Crippen LogP contribution < -0.4 is 0 Å². The van der Waals surface area contributed by atoms with Crippen LogP contribution in [0.2, 0.25) is 0 Å². The van der Waals surface area contributed by atoms with E-state index in [1.54, 1.807) is 0 Å². The maximum Gasteiger partial charge on any atom is 0.0661 e. The van der Waals surface area contributed by atoms with Gasteiger partial charge in [-0.2, -0.15) is 0 Å². The standard InChI is InChI=1S/C21H33N/c1-4-6-8-13-19-17-21(3,15-11-7-5-2)16-18-12-9-10-14-20(18)22-19/h9-10,12,14H,4-8,11,13,15-17H2,1-3H3. The van der Waals surface area contributed by atoms with Crippen LogP contribution in [-0.2, 0) is 6.42 Å². The summed E-state index contributed by atoms with van der Waals surface area (Å²) in [7, 11) is 0. The molecule has 1 atom stereocenters. The molecule has 0 saturated carbocycles. The predicted molar refractivity (Wildman–Crippen MR) is 98.2 cm³/mol. The summed E-state index contributed by atoms with van der Waals surface area (Å²) >= 11 is 0. The Hall–Kier alpha value is -1.11. The van der Waals surface area contributed by atoms with Crippen LogP contribution in [0.3, 0.4) is 0 Å². The summed E-state index contributed by atoms with van der Waals surface area (Å²) in [5.41, 5.74) is 4.52. The van der Waals surface area contributed by atoms with Gasteiger partial charge in [-0.25, -0.2) is 0 Å². The van der Waals surface area contributed by atoms with Gasteiger partial charge in [-0.1, -0.05) is 71.1 Å². The molecule has 1 aliphatic rings. The SMILES string of the molecule is CCCCCC1=Nc2ccccc2CC(C)(CCCCC)C1. The maximum atomic E-state index is 5.05. The van der Waals surface area contributed by atoms with Crippen LogP contribution in [0.5, 0.6) is 0 Å². The summed E-state index contributed by atoms with van der Waals surface area (Å²) in [5, 5.41) is 0. The van der Waals surface area contributed by atoms with Crippen molar-refractivity contribution >= 4 is 11.4 Å². The first kappa shape index (κ1) is 17.2. The molecule has 1 heterocycles. The van der Waals surface area contributed by atoms with E-state index in [4.69, 9.17) is 4.99 Å². The molecule has 122 valence electrons. The summed E-state index contributed by atoms with van der Waals surface area (Å²) in [4.78, 5) is 5.05. The quantitative estimate of drug-likeness (QED) is 0.464. The van der Waals surface area contributed by atoms with Gasteiger partial charge >= 0.3 is 0 Å². The second-order valence-corrected chi connectivity index (χ2v) is 7.39. The number of rotatable bonds is 8. The monoisotopic (exact) mass is 299 g/mol. The summed E-state index contributed by atoms with van der Waals surface area (Å²) in [5.74, 6) is 0. The molecule has 0 aliphatic carbocycles. The lowest BCUT2D eigenvalue weighted by atomic mass is 9.75. The van der Waals surface area contributed by atoms with Gasteiger partial charge in [0.25, 0.3) is 0 Å². The highest BCUT2D eigenvalue weighted by Crippen LogP contribution is 2.39. The van der Waals surface area contributed by atoms with Gasteiger partial charge in [0.05, 0.1) is 5.69 Å². The molecule has 0 saturated heterocycles. The normalized spacial score (nSPS) is 21.1. The lowest BCUT2D eigenvalue weighted by Crippen LogP contribution is -2.22. The molecule has 0 bridgehead atoms. The molecule has 22 heavy (non-hydrogen) atoms. The van der Waals surface area contributed by atoms with E-state index >= 15 is 0 Å². The van der Waals surface area contributed by atoms with Crippen LogP contribution in [0.4, 0.5) is 5.69 Å². The van der Waals surface area contributed by atoms with E-state index in [9.17, 15) is 0 Å². The highest BCUT2D eigenvalue weighted by Gasteiger charge is 2.29. The van der Waals surface area contributed by atoms with E-state index in [0.29, 0.717) is 5.41 Å². The fraction of sp³-hybridized carbons (Fsp3) is 0.667. The average Bonchev–Trinajstić information content (AvgIpc) is 2.63. The summed E-state index contributed by atoms with van der Waals surface area (Å²) < 4.78 is 0. The van der Waals surface area contributed by atoms with Crippen molar-refractivity contribution in [2.75, 3.05) is 0 Å². The second-order valence-electron chi connectivity index (χ2n) is 7.39. The van der Waals surface area contributed by atoms with Crippen LogP contribution in [0.1, 0.15) is 84.1 Å². The molecule has 1 aliphatic heterocycles. The van der Waals surface area contributed by atoms with E-state index < -0.39 is 0 Å². The third-order valence-corrected chi connectivity index (χ3v) is 4.97. The van der Waals surface area contributed by atoms with E-state index in [-0.39, 0.29) is 0 Å². The smallest absolute Gasteiger partial charge is 0.0661 e. The van der Waals surface area contributed by atoms with Crippen LogP contribution >= 0.6 is 0 Å². The third kappa shape index (κ3) is 4.97. The molecule has 1 aromatic carbocycles. The van der Waals surface area contributed by atoms with Gasteiger partial charge in [0.1, 0.15) is 0 Å². The second kappa shape index (κ2) is 8.50. The average molecular weight is 300 g/mol. The first-order chi connectivity index (χ1) is 10.7. The van der Waals surface area contributed by atoms with Crippen LogP contribution in [-0.4, -0.2) is 5.71 Å². The Morgan fingerprint density at radius 2 is 1.68 bits per heavy atom. The molecule has 1 heteroatoms. The lowest BCUT2D eigenvalue weighted by Gasteiger charge is -2.29. The van der Waals surface area contributed by atoms with Crippen molar-refractivity contribution < 1.29 is 0 Å². The van der Waals surface area contributed by atoms with Crippen molar-refractivity contribution in [1.29, 1.82) is 0 Å². The Morgan fingerprint density at radius 1 is 0.955 bits per heavy atom. The van der Waals surface area contributed by atoms with Gasteiger partial charge in [0.15, 0.2) is 0 Å². The highest BCUT2D eigenvalue weighted by molar-refractivity contribution is 5.88. The zero-order valence-electron chi connectivity index (χ0n) is 14.8. The van der Waals surface area contributed by atoms with Crippen molar-refractivity contribution in [3.05, 3.63) is 29.8 Å². The van der Waals surface area contributed by atoms with Gasteiger partial charge in [0, 0.05) is 5.71 Å². The van der Waals surface area contributed by atoms with Crippen LogP contribution in [0, 0.1) is 5.41 Å². The Balaban J connectivity index is 2.16. The molecule has 1 unspecified atom stereocenters. The topological polar surface area (TPSA) is 12.4 Å². The summed E-state index contributed by atoms with van der Waals surface area (Å²) in [6.07, 6.45) is 12.8. The Bertz CT molecular complexity index is 488. The zero-order chi connectivity index (χ0) is 15.8. The molecule has 0 N–H and O–H groups in total. The first-order valence-corrected chi connectivity index (χ1v) is 9.31. The molecular formula is C21H33N. The molecule has 0 aromatic heterocycles. The number of hydrogen-bond acceptors (Lipinski definition) is 1. The maximum absolute atomic E-state index is 5.05. The molecule has 0 amide bonds. The van der Waals surface area contributed by atoms with Crippen LogP contribution in [0.15, 0.2) is 29.3 Å². The molecule has 0 radical (unpaired) electrons. The molecule has 2 rings (SSSR count). The van der Waals surface area contributed by atoms with Gasteiger partial charge in [-0.3, -0.25) is 4.99 Å². The molecule has 0 spiro atoms. The van der Waals surface area contributed by atoms with Crippen molar-refractivity contribution in [2.45, 2.75) is 85.0 Å². The van der Waals surface area contributed by atoms with Crippen molar-refractivity contribution in [3.8, 4) is 0 Å². The predicted octanol–water partition coefficient (Wildman–Crippen LogP) is 6.87. The van der Waals surface area contributed by atoms with E-state index in [1.807, 2.05) is 0 Å². The minimum absolute atomic E-state index is 0.396.